The Bertz CT molecular complexity index is 805. The quantitative estimate of drug-likeness (QED) is 0.468. The maximum absolute atomic E-state index is 12.2. The molecule has 1 aliphatic heterocycles. The molecule has 29 heavy (non-hydrogen) atoms. The number of aromatic nitrogens is 1. The zero-order valence-corrected chi connectivity index (χ0v) is 17.6. The summed E-state index contributed by atoms with van der Waals surface area (Å²) in [6, 6.07) is 9.67. The van der Waals surface area contributed by atoms with Gasteiger partial charge in [-0.25, -0.2) is 0 Å². The van der Waals surface area contributed by atoms with Crippen LogP contribution in [-0.2, 0) is 12.1 Å². The lowest BCUT2D eigenvalue weighted by molar-refractivity contribution is 0.0475. The van der Waals surface area contributed by atoms with Crippen LogP contribution in [0.2, 0.25) is 0 Å². The second-order valence-corrected chi connectivity index (χ2v) is 8.22. The molecule has 4 heteroatoms. The molecular weight excluding hydrogens is 360 g/mol. The Morgan fingerprint density at radius 1 is 0.966 bits per heavy atom. The molecule has 0 saturated carbocycles. The van der Waals surface area contributed by atoms with Crippen LogP contribution in [-0.4, -0.2) is 16.0 Å². The van der Waals surface area contributed by atoms with Gasteiger partial charge in [0.2, 0.25) is 0 Å². The number of nitrogens with one attached hydrogen (secondary N) is 1. The van der Waals surface area contributed by atoms with Crippen LogP contribution in [0.25, 0.3) is 0 Å². The third kappa shape index (κ3) is 5.45. The minimum atomic E-state index is -1.47. The van der Waals surface area contributed by atoms with Gasteiger partial charge in [-0.05, 0) is 24.5 Å². The third-order valence-corrected chi connectivity index (χ3v) is 5.91. The zero-order valence-electron chi connectivity index (χ0n) is 17.6. The molecule has 1 unspecified atom stereocenters. The molecule has 1 aliphatic rings. The minimum absolute atomic E-state index is 0.282. The lowest BCUT2D eigenvalue weighted by atomic mass is 9.93. The Morgan fingerprint density at radius 2 is 1.66 bits per heavy atom. The molecule has 0 aliphatic carbocycles. The Kier molecular flexibility index (Phi) is 7.82. The van der Waals surface area contributed by atoms with Gasteiger partial charge in [-0.3, -0.25) is 9.78 Å². The molecule has 1 aromatic carbocycles. The van der Waals surface area contributed by atoms with Crippen molar-refractivity contribution in [1.82, 2.24) is 10.3 Å². The number of fused-ring (bicyclic) bond motifs is 1. The van der Waals surface area contributed by atoms with Crippen LogP contribution < -0.4 is 5.32 Å². The Balaban J connectivity index is 1.47. The lowest BCUT2D eigenvalue weighted by Gasteiger charge is -2.25. The summed E-state index contributed by atoms with van der Waals surface area (Å²) in [6.45, 7) is 2.26. The van der Waals surface area contributed by atoms with Gasteiger partial charge in [0.15, 0.2) is 5.72 Å². The van der Waals surface area contributed by atoms with E-state index in [1.165, 1.54) is 69.5 Å². The fraction of sp³-hybridized carbons (Fsp3) is 0.520. The molecule has 0 spiro atoms. The van der Waals surface area contributed by atoms with Crippen LogP contribution in [0.3, 0.4) is 0 Å². The van der Waals surface area contributed by atoms with Crippen molar-refractivity contribution in [3.63, 3.8) is 0 Å². The molecule has 1 atom stereocenters. The summed E-state index contributed by atoms with van der Waals surface area (Å²) in [5.41, 5.74) is 1.46. The molecule has 0 fully saturated rings. The predicted octanol–water partition coefficient (Wildman–Crippen LogP) is 5.48. The van der Waals surface area contributed by atoms with Gasteiger partial charge in [-0.2, -0.15) is 0 Å². The molecule has 4 nitrogen and oxygen atoms in total. The molecule has 2 heterocycles. The first kappa shape index (κ1) is 21.5. The van der Waals surface area contributed by atoms with Crippen LogP contribution in [0, 0.1) is 0 Å². The van der Waals surface area contributed by atoms with Gasteiger partial charge in [0.05, 0.1) is 5.56 Å². The van der Waals surface area contributed by atoms with Crippen molar-refractivity contribution in [2.75, 3.05) is 0 Å². The van der Waals surface area contributed by atoms with Crippen LogP contribution >= 0.6 is 0 Å². The molecule has 2 aromatic rings. The number of nitrogens with zero attached hydrogens (tertiary/aromatic N) is 1. The molecule has 0 radical (unpaired) electrons. The standard InChI is InChI=1S/C25H34N2O2/c1-2-3-4-5-6-7-8-9-10-11-13-20-14-12-15-21(18-20)25(29)23-16-17-26-19-22(23)24(28)27-25/h12,14-19,29H,2-11,13H2,1H3,(H,27,28). The zero-order chi connectivity index (χ0) is 20.5. The van der Waals surface area contributed by atoms with E-state index in [9.17, 15) is 9.90 Å². The summed E-state index contributed by atoms with van der Waals surface area (Å²) in [5.74, 6) is -0.282. The molecule has 0 bridgehead atoms. The largest absolute Gasteiger partial charge is 0.363 e. The Morgan fingerprint density at radius 3 is 2.38 bits per heavy atom. The maximum atomic E-state index is 12.2. The molecule has 2 N–H and O–H groups in total. The van der Waals surface area contributed by atoms with Crippen LogP contribution in [0.1, 0.15) is 98.2 Å². The number of aliphatic hydroxyl groups is 1. The normalized spacial score (nSPS) is 17.9. The van der Waals surface area contributed by atoms with Crippen molar-refractivity contribution in [2.24, 2.45) is 0 Å². The molecule has 0 saturated heterocycles. The van der Waals surface area contributed by atoms with E-state index in [-0.39, 0.29) is 5.91 Å². The van der Waals surface area contributed by atoms with Crippen molar-refractivity contribution < 1.29 is 9.90 Å². The summed E-state index contributed by atoms with van der Waals surface area (Å²) in [5, 5.41) is 13.9. The highest BCUT2D eigenvalue weighted by Crippen LogP contribution is 2.34. The van der Waals surface area contributed by atoms with Crippen molar-refractivity contribution in [2.45, 2.75) is 83.3 Å². The van der Waals surface area contributed by atoms with Gasteiger partial charge in [0.1, 0.15) is 0 Å². The van der Waals surface area contributed by atoms with E-state index in [0.29, 0.717) is 16.7 Å². The number of unbranched alkanes of at least 4 members (excludes halogenated alkanes) is 9. The van der Waals surface area contributed by atoms with Gasteiger partial charge >= 0.3 is 0 Å². The number of rotatable bonds is 12. The topological polar surface area (TPSA) is 62.2 Å². The van der Waals surface area contributed by atoms with Crippen molar-refractivity contribution in [1.29, 1.82) is 0 Å². The lowest BCUT2D eigenvalue weighted by Crippen LogP contribution is -2.40. The van der Waals surface area contributed by atoms with Crippen LogP contribution in [0.15, 0.2) is 42.7 Å². The summed E-state index contributed by atoms with van der Waals surface area (Å²) < 4.78 is 0. The van der Waals surface area contributed by atoms with Crippen molar-refractivity contribution in [3.8, 4) is 0 Å². The van der Waals surface area contributed by atoms with E-state index in [0.717, 1.165) is 12.8 Å². The maximum Gasteiger partial charge on any atom is 0.256 e. The van der Waals surface area contributed by atoms with Gasteiger partial charge in [0, 0.05) is 23.5 Å². The average molecular weight is 395 g/mol. The van der Waals surface area contributed by atoms with Crippen LogP contribution in [0.4, 0.5) is 0 Å². The van der Waals surface area contributed by atoms with Crippen molar-refractivity contribution >= 4 is 5.91 Å². The predicted molar refractivity (Wildman–Crippen MR) is 117 cm³/mol. The highest BCUT2D eigenvalue weighted by molar-refractivity contribution is 6.00. The van der Waals surface area contributed by atoms with E-state index < -0.39 is 5.72 Å². The van der Waals surface area contributed by atoms with Gasteiger partial charge in [0.25, 0.3) is 5.91 Å². The summed E-state index contributed by atoms with van der Waals surface area (Å²) in [4.78, 5) is 16.2. The SMILES string of the molecule is CCCCCCCCCCCCc1cccc(C2(O)NC(=O)c3cnccc32)c1. The highest BCUT2D eigenvalue weighted by Gasteiger charge is 2.42. The Labute approximate surface area is 174 Å². The van der Waals surface area contributed by atoms with Gasteiger partial charge in [-0.15, -0.1) is 0 Å². The number of carbonyl (C=O) groups is 1. The second-order valence-electron chi connectivity index (χ2n) is 8.22. The second kappa shape index (κ2) is 10.5. The monoisotopic (exact) mass is 394 g/mol. The van der Waals surface area contributed by atoms with E-state index in [2.05, 4.69) is 23.3 Å². The number of hydrogen-bond acceptors (Lipinski definition) is 3. The number of amides is 1. The number of aryl methyl sites for hydroxylation is 1. The number of benzene rings is 1. The summed E-state index contributed by atoms with van der Waals surface area (Å²) >= 11 is 0. The number of hydrogen-bond donors (Lipinski definition) is 2. The fourth-order valence-corrected chi connectivity index (χ4v) is 4.19. The molecule has 156 valence electrons. The first-order valence-electron chi connectivity index (χ1n) is 11.2. The third-order valence-electron chi connectivity index (χ3n) is 5.91. The number of carbonyl (C=O) groups excluding carboxylic acids is 1. The van der Waals surface area contributed by atoms with Crippen LogP contribution in [0.5, 0.6) is 0 Å². The smallest absolute Gasteiger partial charge is 0.256 e. The number of pyridine rings is 1. The van der Waals surface area contributed by atoms with Gasteiger partial charge in [-0.1, -0.05) is 89.0 Å². The highest BCUT2D eigenvalue weighted by atomic mass is 16.3. The molecule has 1 aromatic heterocycles. The van der Waals surface area contributed by atoms with E-state index in [1.54, 1.807) is 12.3 Å². The average Bonchev–Trinajstić information content (AvgIpc) is 3.01. The molecular formula is C25H34N2O2. The Hall–Kier alpha value is -2.20. The first-order valence-corrected chi connectivity index (χ1v) is 11.2. The minimum Gasteiger partial charge on any atom is -0.363 e. The molecule has 1 amide bonds. The van der Waals surface area contributed by atoms with Gasteiger partial charge < -0.3 is 10.4 Å². The van der Waals surface area contributed by atoms with E-state index in [1.807, 2.05) is 18.2 Å². The molecule has 3 rings (SSSR count). The first-order chi connectivity index (χ1) is 14.1. The van der Waals surface area contributed by atoms with E-state index in [4.69, 9.17) is 0 Å². The summed E-state index contributed by atoms with van der Waals surface area (Å²) in [7, 11) is 0. The summed E-state index contributed by atoms with van der Waals surface area (Å²) in [6.07, 6.45) is 17.4. The fourth-order valence-electron chi connectivity index (χ4n) is 4.19. The van der Waals surface area contributed by atoms with Crippen molar-refractivity contribution in [3.05, 3.63) is 65.0 Å². The van der Waals surface area contributed by atoms with E-state index >= 15 is 0 Å².